The van der Waals surface area contributed by atoms with Crippen molar-refractivity contribution in [2.24, 2.45) is 0 Å². The van der Waals surface area contributed by atoms with E-state index < -0.39 is 26.6 Å². The number of hydrogen-bond acceptors (Lipinski definition) is 5. The number of aryl methyl sites for hydroxylation is 1. The van der Waals surface area contributed by atoms with Crippen molar-refractivity contribution >= 4 is 26.6 Å². The van der Waals surface area contributed by atoms with E-state index in [4.69, 9.17) is 0 Å². The van der Waals surface area contributed by atoms with Crippen LogP contribution < -0.4 is 4.72 Å². The van der Waals surface area contributed by atoms with Gasteiger partial charge in [-0.05, 0) is 72.1 Å². The van der Waals surface area contributed by atoms with Crippen LogP contribution in [0.1, 0.15) is 5.69 Å². The molecule has 0 amide bonds. The summed E-state index contributed by atoms with van der Waals surface area (Å²) in [6.45, 7) is 1.92. The second-order valence-corrected chi connectivity index (χ2v) is 9.57. The minimum atomic E-state index is -4.29. The third kappa shape index (κ3) is 4.58. The standard InChI is InChI=1S/C26H18F2N4O2S/c1-16-10-18(6-8-30-16)22-7-9-31-25-4-2-17(12-23(22)25)19-11-21(15-29-14-19)32-35(33,34)26-5-3-20(27)13-24(26)28/h2-15,32H,1H3. The molecule has 0 radical (unpaired) electrons. The number of sulfonamides is 1. The first kappa shape index (κ1) is 22.5. The van der Waals surface area contributed by atoms with E-state index in [0.717, 1.165) is 45.4 Å². The molecule has 0 saturated carbocycles. The Labute approximate surface area is 200 Å². The maximum Gasteiger partial charge on any atom is 0.264 e. The molecule has 0 saturated heterocycles. The molecule has 0 unspecified atom stereocenters. The highest BCUT2D eigenvalue weighted by Crippen LogP contribution is 2.32. The molecule has 0 atom stereocenters. The van der Waals surface area contributed by atoms with Crippen LogP contribution in [0.25, 0.3) is 33.2 Å². The zero-order valence-electron chi connectivity index (χ0n) is 18.4. The number of hydrogen-bond donors (Lipinski definition) is 1. The number of benzene rings is 2. The average Bonchev–Trinajstić information content (AvgIpc) is 2.83. The molecule has 0 spiro atoms. The summed E-state index contributed by atoms with van der Waals surface area (Å²) in [4.78, 5) is 12.2. The lowest BCUT2D eigenvalue weighted by Crippen LogP contribution is -2.15. The van der Waals surface area contributed by atoms with Crippen LogP contribution in [0.2, 0.25) is 0 Å². The summed E-state index contributed by atoms with van der Waals surface area (Å²) in [6, 6.07) is 15.4. The fourth-order valence-electron chi connectivity index (χ4n) is 3.85. The summed E-state index contributed by atoms with van der Waals surface area (Å²) >= 11 is 0. The third-order valence-corrected chi connectivity index (χ3v) is 6.87. The normalized spacial score (nSPS) is 11.5. The SMILES string of the molecule is Cc1cc(-c2ccnc3ccc(-c4cncc(NS(=O)(=O)c5ccc(F)cc5F)c4)cc23)ccn1. The van der Waals surface area contributed by atoms with Crippen molar-refractivity contribution in [3.05, 3.63) is 103 Å². The minimum absolute atomic E-state index is 0.141. The van der Waals surface area contributed by atoms with E-state index in [9.17, 15) is 17.2 Å². The number of nitrogens with one attached hydrogen (secondary N) is 1. The monoisotopic (exact) mass is 488 g/mol. The fourth-order valence-corrected chi connectivity index (χ4v) is 4.94. The Morgan fingerprint density at radius 3 is 2.43 bits per heavy atom. The van der Waals surface area contributed by atoms with E-state index in [1.165, 1.54) is 6.20 Å². The van der Waals surface area contributed by atoms with Crippen LogP contribution in [0.5, 0.6) is 0 Å². The van der Waals surface area contributed by atoms with Gasteiger partial charge in [0.2, 0.25) is 0 Å². The zero-order chi connectivity index (χ0) is 24.6. The first-order chi connectivity index (χ1) is 16.8. The summed E-state index contributed by atoms with van der Waals surface area (Å²) in [6.07, 6.45) is 6.42. The molecule has 1 N–H and O–H groups in total. The van der Waals surface area contributed by atoms with Gasteiger partial charge in [0.15, 0.2) is 0 Å². The van der Waals surface area contributed by atoms with Gasteiger partial charge in [-0.2, -0.15) is 0 Å². The molecule has 5 aromatic rings. The summed E-state index contributed by atoms with van der Waals surface area (Å²) in [5.41, 5.74) is 5.26. The predicted octanol–water partition coefficient (Wildman–Crippen LogP) is 5.75. The number of aromatic nitrogens is 3. The summed E-state index contributed by atoms with van der Waals surface area (Å²) < 4.78 is 54.9. The van der Waals surface area contributed by atoms with Crippen molar-refractivity contribution in [3.8, 4) is 22.3 Å². The molecular weight excluding hydrogens is 470 g/mol. The zero-order valence-corrected chi connectivity index (χ0v) is 19.2. The lowest BCUT2D eigenvalue weighted by Gasteiger charge is -2.11. The number of halogens is 2. The van der Waals surface area contributed by atoms with Crippen LogP contribution in [-0.4, -0.2) is 23.4 Å². The molecule has 0 fully saturated rings. The fraction of sp³-hybridized carbons (Fsp3) is 0.0385. The predicted molar refractivity (Wildman–Crippen MR) is 130 cm³/mol. The number of anilines is 1. The molecule has 3 aromatic heterocycles. The quantitative estimate of drug-likeness (QED) is 0.341. The third-order valence-electron chi connectivity index (χ3n) is 5.46. The Morgan fingerprint density at radius 2 is 1.63 bits per heavy atom. The van der Waals surface area contributed by atoms with Crippen molar-refractivity contribution in [2.75, 3.05) is 4.72 Å². The van der Waals surface area contributed by atoms with E-state index in [-0.39, 0.29) is 5.69 Å². The van der Waals surface area contributed by atoms with Crippen molar-refractivity contribution in [1.82, 2.24) is 15.0 Å². The number of rotatable bonds is 5. The Kier molecular flexibility index (Phi) is 5.70. The molecule has 0 bridgehead atoms. The molecule has 174 valence electrons. The van der Waals surface area contributed by atoms with Crippen LogP contribution in [0.15, 0.2) is 90.3 Å². The van der Waals surface area contributed by atoms with E-state index in [1.54, 1.807) is 24.7 Å². The average molecular weight is 489 g/mol. The van der Waals surface area contributed by atoms with Gasteiger partial charge in [-0.3, -0.25) is 19.7 Å². The van der Waals surface area contributed by atoms with E-state index in [2.05, 4.69) is 19.7 Å². The molecule has 9 heteroatoms. The lowest BCUT2D eigenvalue weighted by atomic mass is 9.98. The van der Waals surface area contributed by atoms with E-state index in [1.807, 2.05) is 43.3 Å². The summed E-state index contributed by atoms with van der Waals surface area (Å²) in [5.74, 6) is -2.04. The molecule has 0 aliphatic rings. The highest BCUT2D eigenvalue weighted by atomic mass is 32.2. The molecule has 0 aliphatic heterocycles. The second kappa shape index (κ2) is 8.84. The largest absolute Gasteiger partial charge is 0.278 e. The van der Waals surface area contributed by atoms with Crippen molar-refractivity contribution in [2.45, 2.75) is 11.8 Å². The van der Waals surface area contributed by atoms with Gasteiger partial charge in [0.25, 0.3) is 10.0 Å². The van der Waals surface area contributed by atoms with Crippen molar-refractivity contribution in [1.29, 1.82) is 0 Å². The lowest BCUT2D eigenvalue weighted by molar-refractivity contribution is 0.551. The molecule has 3 heterocycles. The number of fused-ring (bicyclic) bond motifs is 1. The Morgan fingerprint density at radius 1 is 0.800 bits per heavy atom. The topological polar surface area (TPSA) is 84.8 Å². The van der Waals surface area contributed by atoms with Gasteiger partial charge in [-0.25, -0.2) is 17.2 Å². The van der Waals surface area contributed by atoms with Gasteiger partial charge in [0, 0.05) is 41.3 Å². The summed E-state index contributed by atoms with van der Waals surface area (Å²) in [5, 5.41) is 0.912. The summed E-state index contributed by atoms with van der Waals surface area (Å²) in [7, 11) is -4.29. The Bertz CT molecular complexity index is 1690. The smallest absolute Gasteiger partial charge is 0.264 e. The Balaban J connectivity index is 1.53. The van der Waals surface area contributed by atoms with Crippen LogP contribution in [-0.2, 0) is 10.0 Å². The molecule has 35 heavy (non-hydrogen) atoms. The first-order valence-electron chi connectivity index (χ1n) is 10.6. The van der Waals surface area contributed by atoms with Crippen LogP contribution >= 0.6 is 0 Å². The maximum atomic E-state index is 14.1. The van der Waals surface area contributed by atoms with Gasteiger partial charge in [0.1, 0.15) is 16.5 Å². The number of pyridine rings is 3. The molecule has 6 nitrogen and oxygen atoms in total. The Hall–Kier alpha value is -4.24. The van der Waals surface area contributed by atoms with Gasteiger partial charge < -0.3 is 0 Å². The highest BCUT2D eigenvalue weighted by molar-refractivity contribution is 7.92. The van der Waals surface area contributed by atoms with Gasteiger partial charge in [0.05, 0.1) is 17.4 Å². The van der Waals surface area contributed by atoms with Gasteiger partial charge >= 0.3 is 0 Å². The molecule has 2 aromatic carbocycles. The minimum Gasteiger partial charge on any atom is -0.278 e. The molecule has 0 aliphatic carbocycles. The molecule has 5 rings (SSSR count). The van der Waals surface area contributed by atoms with E-state index >= 15 is 0 Å². The van der Waals surface area contributed by atoms with Crippen molar-refractivity contribution < 1.29 is 17.2 Å². The van der Waals surface area contributed by atoms with Gasteiger partial charge in [-0.15, -0.1) is 0 Å². The highest BCUT2D eigenvalue weighted by Gasteiger charge is 2.20. The first-order valence-corrected chi connectivity index (χ1v) is 12.0. The van der Waals surface area contributed by atoms with E-state index in [0.29, 0.717) is 11.6 Å². The van der Waals surface area contributed by atoms with Gasteiger partial charge in [-0.1, -0.05) is 6.07 Å². The van der Waals surface area contributed by atoms with Crippen LogP contribution in [0, 0.1) is 18.6 Å². The molecular formula is C26H18F2N4O2S. The van der Waals surface area contributed by atoms with Crippen LogP contribution in [0.3, 0.4) is 0 Å². The second-order valence-electron chi connectivity index (χ2n) is 7.92. The van der Waals surface area contributed by atoms with Crippen molar-refractivity contribution in [3.63, 3.8) is 0 Å². The maximum absolute atomic E-state index is 14.1. The number of nitrogens with zero attached hydrogens (tertiary/aromatic N) is 3. The van der Waals surface area contributed by atoms with Crippen LogP contribution in [0.4, 0.5) is 14.5 Å².